The minimum Gasteiger partial charge on any atom is -0.106 e. The fourth-order valence-electron chi connectivity index (χ4n) is 2.69. The molecule has 0 heteroatoms. The molecule has 1 aliphatic carbocycles. The molecular weight excluding hydrogens is 240 g/mol. The van der Waals surface area contributed by atoms with E-state index < -0.39 is 0 Å². The Kier molecular flexibility index (Phi) is 4.73. The average molecular weight is 260 g/mol. The normalized spacial score (nSPS) is 15.2. The SMILES string of the molecule is C1=CCC(c2ccccc2)(c2ccccc2)C=C1.C=C. The standard InChI is InChI=1S/C18H16.C2H4/c1-4-10-16(11-5-1)18(14-8-3-9-15-18)17-12-6-2-7-13-17;1-2/h1-14H,15H2;1-2H2. The molecule has 20 heavy (non-hydrogen) atoms. The van der Waals surface area contributed by atoms with Crippen molar-refractivity contribution in [3.05, 3.63) is 109 Å². The Morgan fingerprint density at radius 1 is 0.700 bits per heavy atom. The van der Waals surface area contributed by atoms with Gasteiger partial charge in [-0.1, -0.05) is 85.0 Å². The second-order valence-corrected chi connectivity index (χ2v) is 4.69. The summed E-state index contributed by atoms with van der Waals surface area (Å²) in [6, 6.07) is 21.5. The molecule has 2 aromatic rings. The van der Waals surface area contributed by atoms with Crippen LogP contribution in [0.4, 0.5) is 0 Å². The lowest BCUT2D eigenvalue weighted by atomic mass is 9.70. The molecule has 0 atom stereocenters. The highest BCUT2D eigenvalue weighted by Gasteiger charge is 2.30. The highest BCUT2D eigenvalue weighted by molar-refractivity contribution is 5.47. The molecule has 0 saturated carbocycles. The minimum atomic E-state index is -0.00271. The van der Waals surface area contributed by atoms with Gasteiger partial charge >= 0.3 is 0 Å². The molecule has 0 fully saturated rings. The van der Waals surface area contributed by atoms with E-state index in [0.29, 0.717) is 0 Å². The van der Waals surface area contributed by atoms with Crippen molar-refractivity contribution in [3.8, 4) is 0 Å². The van der Waals surface area contributed by atoms with Crippen LogP contribution in [0.5, 0.6) is 0 Å². The van der Waals surface area contributed by atoms with Gasteiger partial charge in [-0.15, -0.1) is 13.2 Å². The first-order chi connectivity index (χ1) is 9.92. The number of allylic oxidation sites excluding steroid dienone is 4. The fourth-order valence-corrected chi connectivity index (χ4v) is 2.69. The smallest absolute Gasteiger partial charge is 0.0419 e. The Balaban J connectivity index is 0.000000704. The van der Waals surface area contributed by atoms with E-state index in [1.807, 2.05) is 0 Å². The zero-order valence-corrected chi connectivity index (χ0v) is 11.7. The molecular formula is C20H20. The van der Waals surface area contributed by atoms with E-state index in [1.165, 1.54) is 11.1 Å². The number of hydrogen-bond donors (Lipinski definition) is 0. The van der Waals surface area contributed by atoms with Gasteiger partial charge in [0.2, 0.25) is 0 Å². The van der Waals surface area contributed by atoms with Crippen LogP contribution in [0.2, 0.25) is 0 Å². The molecule has 0 N–H and O–H groups in total. The molecule has 1 aliphatic rings. The Bertz CT molecular complexity index is 536. The van der Waals surface area contributed by atoms with Gasteiger partial charge in [0.1, 0.15) is 0 Å². The van der Waals surface area contributed by atoms with Gasteiger partial charge < -0.3 is 0 Å². The van der Waals surface area contributed by atoms with Crippen molar-refractivity contribution >= 4 is 0 Å². The van der Waals surface area contributed by atoms with Crippen molar-refractivity contribution in [1.82, 2.24) is 0 Å². The summed E-state index contributed by atoms with van der Waals surface area (Å²) < 4.78 is 0. The van der Waals surface area contributed by atoms with Crippen molar-refractivity contribution in [2.24, 2.45) is 0 Å². The third-order valence-electron chi connectivity index (χ3n) is 3.65. The summed E-state index contributed by atoms with van der Waals surface area (Å²) in [5.41, 5.74) is 2.71. The summed E-state index contributed by atoms with van der Waals surface area (Å²) in [6.45, 7) is 6.00. The van der Waals surface area contributed by atoms with Gasteiger partial charge in [-0.25, -0.2) is 0 Å². The molecule has 0 saturated heterocycles. The molecule has 0 aromatic heterocycles. The second kappa shape index (κ2) is 6.72. The molecule has 0 aliphatic heterocycles. The summed E-state index contributed by atoms with van der Waals surface area (Å²) in [6.07, 6.45) is 9.88. The third kappa shape index (κ3) is 2.65. The molecule has 0 heterocycles. The van der Waals surface area contributed by atoms with Crippen LogP contribution in [-0.4, -0.2) is 0 Å². The number of benzene rings is 2. The Morgan fingerprint density at radius 2 is 1.20 bits per heavy atom. The molecule has 100 valence electrons. The van der Waals surface area contributed by atoms with Gasteiger partial charge in [-0.05, 0) is 17.5 Å². The summed E-state index contributed by atoms with van der Waals surface area (Å²) >= 11 is 0. The van der Waals surface area contributed by atoms with Crippen molar-refractivity contribution in [2.75, 3.05) is 0 Å². The maximum Gasteiger partial charge on any atom is 0.0419 e. The molecule has 3 rings (SSSR count). The Hall–Kier alpha value is -2.34. The Morgan fingerprint density at radius 3 is 1.60 bits per heavy atom. The van der Waals surface area contributed by atoms with E-state index in [4.69, 9.17) is 0 Å². The topological polar surface area (TPSA) is 0 Å². The van der Waals surface area contributed by atoms with Crippen LogP contribution in [0.1, 0.15) is 17.5 Å². The predicted octanol–water partition coefficient (Wildman–Crippen LogP) is 5.29. The molecule has 0 spiro atoms. The maximum atomic E-state index is 3.00. The molecule has 0 unspecified atom stereocenters. The molecule has 0 bridgehead atoms. The van der Waals surface area contributed by atoms with Crippen molar-refractivity contribution in [2.45, 2.75) is 11.8 Å². The first-order valence-electron chi connectivity index (χ1n) is 6.87. The van der Waals surface area contributed by atoms with Crippen molar-refractivity contribution < 1.29 is 0 Å². The van der Waals surface area contributed by atoms with E-state index in [2.05, 4.69) is 98.1 Å². The van der Waals surface area contributed by atoms with Crippen LogP contribution in [0, 0.1) is 0 Å². The lowest BCUT2D eigenvalue weighted by Crippen LogP contribution is -2.25. The maximum absolute atomic E-state index is 3.00. The highest BCUT2D eigenvalue weighted by Crippen LogP contribution is 2.39. The van der Waals surface area contributed by atoms with Gasteiger partial charge in [-0.2, -0.15) is 0 Å². The fraction of sp³-hybridized carbons (Fsp3) is 0.100. The van der Waals surface area contributed by atoms with E-state index in [9.17, 15) is 0 Å². The predicted molar refractivity (Wildman–Crippen MR) is 87.8 cm³/mol. The van der Waals surface area contributed by atoms with Crippen LogP contribution in [0.3, 0.4) is 0 Å². The molecule has 0 nitrogen and oxygen atoms in total. The van der Waals surface area contributed by atoms with E-state index >= 15 is 0 Å². The summed E-state index contributed by atoms with van der Waals surface area (Å²) in [5, 5.41) is 0. The average Bonchev–Trinajstić information content (AvgIpc) is 2.59. The van der Waals surface area contributed by atoms with Gasteiger partial charge in [0.15, 0.2) is 0 Å². The van der Waals surface area contributed by atoms with Gasteiger partial charge in [0, 0.05) is 5.41 Å². The largest absolute Gasteiger partial charge is 0.106 e. The highest BCUT2D eigenvalue weighted by atomic mass is 14.3. The zero-order chi connectivity index (χ0) is 14.3. The second-order valence-electron chi connectivity index (χ2n) is 4.69. The van der Waals surface area contributed by atoms with Crippen LogP contribution < -0.4 is 0 Å². The minimum absolute atomic E-state index is 0.00271. The molecule has 0 amide bonds. The number of rotatable bonds is 2. The Labute approximate surface area is 121 Å². The van der Waals surface area contributed by atoms with Crippen LogP contribution in [-0.2, 0) is 5.41 Å². The zero-order valence-electron chi connectivity index (χ0n) is 11.7. The van der Waals surface area contributed by atoms with Gasteiger partial charge in [0.25, 0.3) is 0 Å². The lowest BCUT2D eigenvalue weighted by molar-refractivity contribution is 0.648. The lowest BCUT2D eigenvalue weighted by Gasteiger charge is -2.32. The van der Waals surface area contributed by atoms with Crippen LogP contribution >= 0.6 is 0 Å². The number of hydrogen-bond acceptors (Lipinski definition) is 0. The van der Waals surface area contributed by atoms with Gasteiger partial charge in [-0.3, -0.25) is 0 Å². The first kappa shape index (κ1) is 14.1. The van der Waals surface area contributed by atoms with Crippen LogP contribution in [0.15, 0.2) is 98.1 Å². The summed E-state index contributed by atoms with van der Waals surface area (Å²) in [4.78, 5) is 0. The van der Waals surface area contributed by atoms with Crippen LogP contribution in [0.25, 0.3) is 0 Å². The summed E-state index contributed by atoms with van der Waals surface area (Å²) in [7, 11) is 0. The van der Waals surface area contributed by atoms with Crippen molar-refractivity contribution in [3.63, 3.8) is 0 Å². The van der Waals surface area contributed by atoms with Gasteiger partial charge in [0.05, 0.1) is 0 Å². The van der Waals surface area contributed by atoms with Crippen molar-refractivity contribution in [1.29, 1.82) is 0 Å². The molecule has 0 radical (unpaired) electrons. The van der Waals surface area contributed by atoms with E-state index in [0.717, 1.165) is 6.42 Å². The van der Waals surface area contributed by atoms with E-state index in [1.54, 1.807) is 0 Å². The first-order valence-corrected chi connectivity index (χ1v) is 6.87. The van der Waals surface area contributed by atoms with E-state index in [-0.39, 0.29) is 5.41 Å². The third-order valence-corrected chi connectivity index (χ3v) is 3.65. The quantitative estimate of drug-likeness (QED) is 0.643. The molecule has 2 aromatic carbocycles. The summed E-state index contributed by atoms with van der Waals surface area (Å²) in [5.74, 6) is 0. The monoisotopic (exact) mass is 260 g/mol.